The Morgan fingerprint density at radius 1 is 1.16 bits per heavy atom. The second kappa shape index (κ2) is 5.26. The Morgan fingerprint density at radius 2 is 1.95 bits per heavy atom. The molecule has 1 aromatic carbocycles. The molecule has 0 aliphatic rings. The molecule has 0 spiro atoms. The zero-order valence-corrected chi connectivity index (χ0v) is 11.6. The quantitative estimate of drug-likeness (QED) is 0.918. The minimum atomic E-state index is 0.111. The highest BCUT2D eigenvalue weighted by Gasteiger charge is 2.13. The van der Waals surface area contributed by atoms with Gasteiger partial charge in [0.15, 0.2) is 0 Å². The summed E-state index contributed by atoms with van der Waals surface area (Å²) in [4.78, 5) is 8.14. The number of hydrogen-bond donors (Lipinski definition) is 1. The van der Waals surface area contributed by atoms with Crippen LogP contribution in [-0.4, -0.2) is 9.97 Å². The van der Waals surface area contributed by atoms with Crippen LogP contribution in [0.3, 0.4) is 0 Å². The SMILES string of the molecule is CC(C)(C)c1cccc(OCc2cnc(N)cn2)c1. The van der Waals surface area contributed by atoms with Crippen molar-refractivity contribution in [2.75, 3.05) is 5.73 Å². The van der Waals surface area contributed by atoms with Crippen molar-refractivity contribution in [2.24, 2.45) is 0 Å². The smallest absolute Gasteiger partial charge is 0.141 e. The molecule has 1 heterocycles. The molecule has 0 bridgehead atoms. The van der Waals surface area contributed by atoms with E-state index in [1.54, 1.807) is 6.20 Å². The van der Waals surface area contributed by atoms with Gasteiger partial charge in [0.1, 0.15) is 18.2 Å². The van der Waals surface area contributed by atoms with Crippen molar-refractivity contribution in [1.82, 2.24) is 9.97 Å². The molecule has 4 heteroatoms. The molecule has 0 atom stereocenters. The van der Waals surface area contributed by atoms with Crippen molar-refractivity contribution in [3.63, 3.8) is 0 Å². The van der Waals surface area contributed by atoms with Gasteiger partial charge < -0.3 is 10.5 Å². The standard InChI is InChI=1S/C15H19N3O/c1-15(2,3)11-5-4-6-13(7-11)19-10-12-8-18-14(16)9-17-12/h4-9H,10H2,1-3H3,(H2,16,18). The molecule has 4 nitrogen and oxygen atoms in total. The normalized spacial score (nSPS) is 11.3. The summed E-state index contributed by atoms with van der Waals surface area (Å²) in [5, 5.41) is 0. The van der Waals surface area contributed by atoms with Gasteiger partial charge in [-0.1, -0.05) is 32.9 Å². The van der Waals surface area contributed by atoms with Gasteiger partial charge in [-0.05, 0) is 23.1 Å². The van der Waals surface area contributed by atoms with E-state index >= 15 is 0 Å². The highest BCUT2D eigenvalue weighted by atomic mass is 16.5. The molecule has 0 aliphatic carbocycles. The van der Waals surface area contributed by atoms with Crippen LogP contribution in [0.2, 0.25) is 0 Å². The molecule has 2 N–H and O–H groups in total. The average molecular weight is 257 g/mol. The van der Waals surface area contributed by atoms with Crippen LogP contribution >= 0.6 is 0 Å². The van der Waals surface area contributed by atoms with E-state index in [2.05, 4.69) is 42.9 Å². The lowest BCUT2D eigenvalue weighted by molar-refractivity contribution is 0.300. The molecular weight excluding hydrogens is 238 g/mol. The highest BCUT2D eigenvalue weighted by Crippen LogP contribution is 2.25. The van der Waals surface area contributed by atoms with E-state index in [0.717, 1.165) is 11.4 Å². The molecule has 2 rings (SSSR count). The third-order valence-corrected chi connectivity index (χ3v) is 2.81. The molecular formula is C15H19N3O. The fourth-order valence-corrected chi connectivity index (χ4v) is 1.65. The first-order valence-electron chi connectivity index (χ1n) is 6.25. The van der Waals surface area contributed by atoms with Crippen LogP contribution in [-0.2, 0) is 12.0 Å². The maximum Gasteiger partial charge on any atom is 0.141 e. The summed E-state index contributed by atoms with van der Waals surface area (Å²) in [6.07, 6.45) is 3.16. The number of benzene rings is 1. The van der Waals surface area contributed by atoms with Gasteiger partial charge in [0.05, 0.1) is 18.1 Å². The molecule has 0 amide bonds. The number of hydrogen-bond acceptors (Lipinski definition) is 4. The van der Waals surface area contributed by atoms with Crippen LogP contribution in [0.1, 0.15) is 32.0 Å². The van der Waals surface area contributed by atoms with Crippen LogP contribution in [0, 0.1) is 0 Å². The van der Waals surface area contributed by atoms with Crippen molar-refractivity contribution < 1.29 is 4.74 Å². The second-order valence-electron chi connectivity index (χ2n) is 5.50. The zero-order valence-electron chi connectivity index (χ0n) is 11.6. The van der Waals surface area contributed by atoms with Gasteiger partial charge in [0.25, 0.3) is 0 Å². The van der Waals surface area contributed by atoms with Crippen LogP contribution in [0.4, 0.5) is 5.82 Å². The van der Waals surface area contributed by atoms with E-state index in [-0.39, 0.29) is 5.41 Å². The van der Waals surface area contributed by atoms with Crippen molar-refractivity contribution in [1.29, 1.82) is 0 Å². The van der Waals surface area contributed by atoms with Crippen molar-refractivity contribution in [3.8, 4) is 5.75 Å². The van der Waals surface area contributed by atoms with Gasteiger partial charge in [-0.2, -0.15) is 0 Å². The van der Waals surface area contributed by atoms with E-state index in [9.17, 15) is 0 Å². The Kier molecular flexibility index (Phi) is 3.69. The number of ether oxygens (including phenoxy) is 1. The lowest BCUT2D eigenvalue weighted by Gasteiger charge is -2.19. The van der Waals surface area contributed by atoms with Crippen LogP contribution in [0.25, 0.3) is 0 Å². The van der Waals surface area contributed by atoms with E-state index in [1.807, 2.05) is 12.1 Å². The number of nitrogens with zero attached hydrogens (tertiary/aromatic N) is 2. The Hall–Kier alpha value is -2.10. The van der Waals surface area contributed by atoms with Crippen LogP contribution in [0.5, 0.6) is 5.75 Å². The lowest BCUT2D eigenvalue weighted by Crippen LogP contribution is -2.11. The van der Waals surface area contributed by atoms with Gasteiger partial charge >= 0.3 is 0 Å². The predicted octanol–water partition coefficient (Wildman–Crippen LogP) is 2.94. The fourth-order valence-electron chi connectivity index (χ4n) is 1.65. The summed E-state index contributed by atoms with van der Waals surface area (Å²) >= 11 is 0. The van der Waals surface area contributed by atoms with E-state index < -0.39 is 0 Å². The van der Waals surface area contributed by atoms with Crippen molar-refractivity contribution in [3.05, 3.63) is 47.9 Å². The molecule has 0 unspecified atom stereocenters. The number of rotatable bonds is 3. The second-order valence-corrected chi connectivity index (χ2v) is 5.50. The van der Waals surface area contributed by atoms with Gasteiger partial charge in [-0.15, -0.1) is 0 Å². The molecule has 1 aromatic heterocycles. The Balaban J connectivity index is 2.05. The molecule has 0 aliphatic heterocycles. The molecule has 0 saturated heterocycles. The third-order valence-electron chi connectivity index (χ3n) is 2.81. The molecule has 0 saturated carbocycles. The zero-order chi connectivity index (χ0) is 13.9. The number of nitrogens with two attached hydrogens (primary N) is 1. The Labute approximate surface area is 113 Å². The van der Waals surface area contributed by atoms with Crippen molar-refractivity contribution >= 4 is 5.82 Å². The minimum Gasteiger partial charge on any atom is -0.487 e. The summed E-state index contributed by atoms with van der Waals surface area (Å²) < 4.78 is 5.72. The first kappa shape index (κ1) is 13.3. The average Bonchev–Trinajstić information content (AvgIpc) is 2.37. The van der Waals surface area contributed by atoms with Gasteiger partial charge in [0, 0.05) is 0 Å². The largest absolute Gasteiger partial charge is 0.487 e. The summed E-state index contributed by atoms with van der Waals surface area (Å²) in [6, 6.07) is 8.12. The predicted molar refractivity (Wildman–Crippen MR) is 75.9 cm³/mol. The Bertz CT molecular complexity index is 544. The summed E-state index contributed by atoms with van der Waals surface area (Å²) in [6.45, 7) is 6.92. The third kappa shape index (κ3) is 3.68. The number of aromatic nitrogens is 2. The highest BCUT2D eigenvalue weighted by molar-refractivity contribution is 5.32. The van der Waals surface area contributed by atoms with E-state index in [0.29, 0.717) is 12.4 Å². The summed E-state index contributed by atoms with van der Waals surface area (Å²) in [5.41, 5.74) is 7.60. The van der Waals surface area contributed by atoms with Gasteiger partial charge in [-0.3, -0.25) is 4.98 Å². The minimum absolute atomic E-state index is 0.111. The molecule has 0 fully saturated rings. The van der Waals surface area contributed by atoms with Gasteiger partial charge in [0.2, 0.25) is 0 Å². The maximum absolute atomic E-state index is 5.72. The Morgan fingerprint density at radius 3 is 2.58 bits per heavy atom. The molecule has 100 valence electrons. The van der Waals surface area contributed by atoms with Crippen molar-refractivity contribution in [2.45, 2.75) is 32.8 Å². The lowest BCUT2D eigenvalue weighted by atomic mass is 9.87. The monoisotopic (exact) mass is 257 g/mol. The summed E-state index contributed by atoms with van der Waals surface area (Å²) in [5.74, 6) is 1.25. The van der Waals surface area contributed by atoms with Crippen LogP contribution < -0.4 is 10.5 Å². The fraction of sp³-hybridized carbons (Fsp3) is 0.333. The molecule has 19 heavy (non-hydrogen) atoms. The maximum atomic E-state index is 5.72. The van der Waals surface area contributed by atoms with E-state index in [4.69, 9.17) is 10.5 Å². The molecule has 2 aromatic rings. The molecule has 0 radical (unpaired) electrons. The number of nitrogen functional groups attached to an aromatic ring is 1. The first-order valence-corrected chi connectivity index (χ1v) is 6.25. The van der Waals surface area contributed by atoms with Crippen LogP contribution in [0.15, 0.2) is 36.7 Å². The topological polar surface area (TPSA) is 61.0 Å². The van der Waals surface area contributed by atoms with E-state index in [1.165, 1.54) is 11.8 Å². The first-order chi connectivity index (χ1) is 8.95. The number of anilines is 1. The van der Waals surface area contributed by atoms with Gasteiger partial charge in [-0.25, -0.2) is 4.98 Å². The summed E-state index contributed by atoms with van der Waals surface area (Å²) in [7, 11) is 0.